The maximum atomic E-state index is 12.7. The van der Waals surface area contributed by atoms with Gasteiger partial charge in [-0.1, -0.05) is 63.8 Å². The highest BCUT2D eigenvalue weighted by molar-refractivity contribution is 7.53. The average molecular weight is 533 g/mol. The van der Waals surface area contributed by atoms with Gasteiger partial charge in [-0.25, -0.2) is 0 Å². The molecule has 3 atom stereocenters. The summed E-state index contributed by atoms with van der Waals surface area (Å²) < 4.78 is 29.6. The molecule has 0 rings (SSSR count). The molecule has 0 fully saturated rings. The smallest absolute Gasteiger partial charge is 0.379 e. The fourth-order valence-electron chi connectivity index (χ4n) is 4.22. The van der Waals surface area contributed by atoms with E-state index in [2.05, 4.69) is 31.2 Å². The summed E-state index contributed by atoms with van der Waals surface area (Å²) in [6.07, 6.45) is 25.6. The first-order valence-corrected chi connectivity index (χ1v) is 16.0. The summed E-state index contributed by atoms with van der Waals surface area (Å²) in [5, 5.41) is 0. The molecule has 0 saturated carbocycles. The molecule has 0 heterocycles. The molecule has 214 valence electrons. The molecular weight excluding hydrogens is 473 g/mol. The Morgan fingerprint density at radius 3 is 1.72 bits per heavy atom. The molecule has 0 amide bonds. The Kier molecular flexibility index (Phi) is 22.2. The van der Waals surface area contributed by atoms with Crippen LogP contribution in [0.25, 0.3) is 0 Å². The zero-order valence-corrected chi connectivity index (χ0v) is 25.4. The normalized spacial score (nSPS) is 16.1. The highest BCUT2D eigenvalue weighted by atomic mass is 31.2. The van der Waals surface area contributed by atoms with E-state index >= 15 is 0 Å². The van der Waals surface area contributed by atoms with Gasteiger partial charge in [0, 0.05) is 20.1 Å². The lowest BCUT2D eigenvalue weighted by molar-refractivity contribution is -0.883. The van der Waals surface area contributed by atoms with Gasteiger partial charge in [0.05, 0.1) is 34.4 Å². The molecule has 6 nitrogen and oxygen atoms in total. The highest BCUT2D eigenvalue weighted by Crippen LogP contribution is 2.51. The molecule has 0 aliphatic rings. The van der Waals surface area contributed by atoms with E-state index in [-0.39, 0.29) is 12.7 Å². The van der Waals surface area contributed by atoms with E-state index in [0.29, 0.717) is 24.1 Å². The zero-order valence-electron chi connectivity index (χ0n) is 24.5. The molecule has 0 aromatic heterocycles. The van der Waals surface area contributed by atoms with Crippen molar-refractivity contribution in [1.29, 1.82) is 0 Å². The van der Waals surface area contributed by atoms with Crippen LogP contribution in [0, 0.1) is 0 Å². The molecule has 2 unspecified atom stereocenters. The predicted molar refractivity (Wildman–Crippen MR) is 153 cm³/mol. The van der Waals surface area contributed by atoms with Crippen LogP contribution in [0.2, 0.25) is 0 Å². The quantitative estimate of drug-likeness (QED) is 0.0561. The number of quaternary nitrogens is 1. The van der Waals surface area contributed by atoms with E-state index in [1.165, 1.54) is 64.2 Å². The van der Waals surface area contributed by atoms with Crippen molar-refractivity contribution < 1.29 is 27.9 Å². The minimum atomic E-state index is -3.74. The van der Waals surface area contributed by atoms with Crippen LogP contribution in [0.15, 0.2) is 24.3 Å². The van der Waals surface area contributed by atoms with Gasteiger partial charge < -0.3 is 23.4 Å². The predicted octanol–water partition coefficient (Wildman–Crippen LogP) is 7.87. The van der Waals surface area contributed by atoms with E-state index in [4.69, 9.17) is 14.0 Å². The molecule has 7 heteroatoms. The van der Waals surface area contributed by atoms with Gasteiger partial charge in [-0.05, 0) is 57.8 Å². The first-order valence-electron chi connectivity index (χ1n) is 14.4. The van der Waals surface area contributed by atoms with Crippen molar-refractivity contribution in [2.24, 2.45) is 0 Å². The summed E-state index contributed by atoms with van der Waals surface area (Å²) in [5.74, 6) is -0.461. The third-order valence-electron chi connectivity index (χ3n) is 6.43. The number of hydrogen-bond acceptors (Lipinski definition) is 4. The lowest BCUT2D eigenvalue weighted by Gasteiger charge is -2.35. The first kappa shape index (κ1) is 35.5. The van der Waals surface area contributed by atoms with Crippen LogP contribution in [0.4, 0.5) is 0 Å². The number of rotatable bonds is 25. The molecule has 0 bridgehead atoms. The lowest BCUT2D eigenvalue weighted by Crippen LogP contribution is -2.45. The van der Waals surface area contributed by atoms with Crippen molar-refractivity contribution in [2.45, 2.75) is 116 Å². The van der Waals surface area contributed by atoms with Gasteiger partial charge in [-0.3, -0.25) is 4.57 Å². The second kappa shape index (κ2) is 22.5. The summed E-state index contributed by atoms with van der Waals surface area (Å²) >= 11 is 0. The Bertz CT molecular complexity index is 603. The molecule has 0 aromatic rings. The summed E-state index contributed by atoms with van der Waals surface area (Å²) in [6.45, 7) is 5.26. The summed E-state index contributed by atoms with van der Waals surface area (Å²) in [6, 6.07) is 0. The molecule has 0 spiro atoms. The van der Waals surface area contributed by atoms with Crippen LogP contribution in [0.5, 0.6) is 0 Å². The van der Waals surface area contributed by atoms with Crippen LogP contribution in [-0.2, 0) is 18.6 Å². The van der Waals surface area contributed by atoms with Crippen molar-refractivity contribution in [3.05, 3.63) is 24.3 Å². The molecule has 0 aromatic carbocycles. The Hall–Kier alpha value is -0.490. The Morgan fingerprint density at radius 2 is 1.28 bits per heavy atom. The first-order chi connectivity index (χ1) is 17.2. The van der Waals surface area contributed by atoms with Gasteiger partial charge >= 0.3 is 7.60 Å². The summed E-state index contributed by atoms with van der Waals surface area (Å²) in [4.78, 5) is 10.4. The van der Waals surface area contributed by atoms with E-state index in [1.807, 2.05) is 28.1 Å². The van der Waals surface area contributed by atoms with Gasteiger partial charge in [-0.2, -0.15) is 0 Å². The number of hydrogen-bond donors (Lipinski definition) is 1. The Morgan fingerprint density at radius 1 is 0.778 bits per heavy atom. The molecule has 0 saturated heterocycles. The van der Waals surface area contributed by atoms with Crippen LogP contribution < -0.4 is 0 Å². The topological polar surface area (TPSA) is 65.0 Å². The van der Waals surface area contributed by atoms with E-state index < -0.39 is 13.4 Å². The minimum Gasteiger partial charge on any atom is -0.379 e. The maximum Gasteiger partial charge on any atom is 0.385 e. The third kappa shape index (κ3) is 19.6. The van der Waals surface area contributed by atoms with Gasteiger partial charge in [0.15, 0.2) is 5.78 Å². The van der Waals surface area contributed by atoms with Crippen molar-refractivity contribution in [3.63, 3.8) is 0 Å². The molecule has 0 aliphatic carbocycles. The lowest BCUT2D eigenvalue weighted by atomic mass is 10.1. The molecule has 1 N–H and O–H groups in total. The number of ether oxygens (including phenoxy) is 2. The van der Waals surface area contributed by atoms with Gasteiger partial charge in [0.25, 0.3) is 0 Å². The average Bonchev–Trinajstić information content (AvgIpc) is 2.81. The van der Waals surface area contributed by atoms with Crippen LogP contribution in [0.3, 0.4) is 0 Å². The van der Waals surface area contributed by atoms with Crippen LogP contribution in [0.1, 0.15) is 104 Å². The number of unbranched alkanes of at least 4 members (excludes halogenated alkanes) is 10. The fourth-order valence-corrected chi connectivity index (χ4v) is 6.11. The van der Waals surface area contributed by atoms with Crippen molar-refractivity contribution >= 4 is 7.60 Å². The van der Waals surface area contributed by atoms with Gasteiger partial charge in [-0.15, -0.1) is 0 Å². The fraction of sp³-hybridized carbons (Fsp3) is 0.862. The number of methoxy groups -OCH3 is 1. The SMILES string of the molecule is CCCCCC/C=C\CCCC/C=C\CCCCCOC[C@H](COP(=O)(O)C(CC)[N+](C)(C)C)OC. The maximum absolute atomic E-state index is 12.7. The molecule has 0 radical (unpaired) electrons. The third-order valence-corrected chi connectivity index (χ3v) is 8.76. The molecule has 36 heavy (non-hydrogen) atoms. The van der Waals surface area contributed by atoms with E-state index in [1.54, 1.807) is 7.11 Å². The number of nitrogens with zero attached hydrogens (tertiary/aromatic N) is 1. The second-order valence-electron chi connectivity index (χ2n) is 10.7. The Labute approximate surface area is 223 Å². The number of allylic oxidation sites excluding steroid dienone is 4. The molecular formula is C29H59NO5P+. The summed E-state index contributed by atoms with van der Waals surface area (Å²) in [5.41, 5.74) is 0. The highest BCUT2D eigenvalue weighted by Gasteiger charge is 2.41. The van der Waals surface area contributed by atoms with Crippen molar-refractivity contribution in [3.8, 4) is 0 Å². The minimum absolute atomic E-state index is 0.0565. The zero-order chi connectivity index (χ0) is 27.1. The van der Waals surface area contributed by atoms with Crippen molar-refractivity contribution in [1.82, 2.24) is 0 Å². The molecule has 0 aliphatic heterocycles. The van der Waals surface area contributed by atoms with Crippen LogP contribution in [-0.4, -0.2) is 69.3 Å². The van der Waals surface area contributed by atoms with Crippen LogP contribution >= 0.6 is 7.60 Å². The van der Waals surface area contributed by atoms with Gasteiger partial charge in [0.1, 0.15) is 6.10 Å². The van der Waals surface area contributed by atoms with E-state index in [0.717, 1.165) is 19.3 Å². The summed E-state index contributed by atoms with van der Waals surface area (Å²) in [7, 11) is 3.55. The van der Waals surface area contributed by atoms with E-state index in [9.17, 15) is 9.46 Å². The largest absolute Gasteiger partial charge is 0.385 e. The van der Waals surface area contributed by atoms with Crippen molar-refractivity contribution in [2.75, 3.05) is 48.1 Å². The standard InChI is InChI=1S/C29H58NO5P/c1-7-9-10-11-12-13-14-15-16-17-18-19-20-21-22-23-24-25-34-26-28(33-6)27-35-36(31,32)29(8-2)30(3,4)5/h13-14,19-20,28-29H,7-12,15-18,21-27H2,1-6H3/p+1/b14-13-,20-19-/t28-,29?/m1/s1. The Balaban J connectivity index is 3.73. The second-order valence-corrected chi connectivity index (χ2v) is 12.7. The van der Waals surface area contributed by atoms with Gasteiger partial charge in [0.2, 0.25) is 0 Å². The monoisotopic (exact) mass is 532 g/mol.